The fourth-order valence-corrected chi connectivity index (χ4v) is 3.37. The molecule has 0 fully saturated rings. The molecule has 0 bridgehead atoms. The Morgan fingerprint density at radius 2 is 2.08 bits per heavy atom. The van der Waals surface area contributed by atoms with Crippen LogP contribution in [0.25, 0.3) is 0 Å². The third-order valence-electron chi connectivity index (χ3n) is 3.31. The summed E-state index contributed by atoms with van der Waals surface area (Å²) >= 11 is 5.14. The highest BCUT2D eigenvalue weighted by Gasteiger charge is 2.10. The maximum Gasteiger partial charge on any atom is 0.0950 e. The second kappa shape index (κ2) is 10.6. The Morgan fingerprint density at radius 3 is 2.88 bits per heavy atom. The van der Waals surface area contributed by atoms with Gasteiger partial charge in [0.1, 0.15) is 0 Å². The van der Waals surface area contributed by atoms with E-state index in [1.807, 2.05) is 48.2 Å². The molecule has 2 aliphatic rings. The molecule has 0 saturated carbocycles. The first-order valence-corrected chi connectivity index (χ1v) is 9.46. The van der Waals surface area contributed by atoms with Gasteiger partial charge in [-0.05, 0) is 24.3 Å². The molecule has 1 aliphatic heterocycles. The first-order chi connectivity index (χ1) is 12.2. The Labute approximate surface area is 162 Å². The van der Waals surface area contributed by atoms with Crippen LogP contribution in [0.5, 0.6) is 0 Å². The minimum atomic E-state index is 0.738. The van der Waals surface area contributed by atoms with Gasteiger partial charge >= 0.3 is 0 Å². The number of fused-ring (bicyclic) bond motifs is 1. The number of halogens is 1. The van der Waals surface area contributed by atoms with Crippen LogP contribution in [0.3, 0.4) is 0 Å². The van der Waals surface area contributed by atoms with Crippen molar-refractivity contribution in [1.29, 1.82) is 5.26 Å². The number of allylic oxidation sites excluding steroid dienone is 10. The molecule has 1 aromatic rings. The van der Waals surface area contributed by atoms with Crippen LogP contribution in [0.15, 0.2) is 99.3 Å². The largest absolute Gasteiger partial charge is 0.380 e. The highest BCUT2D eigenvalue weighted by atomic mass is 79.9. The topological polar surface area (TPSA) is 35.8 Å². The minimum Gasteiger partial charge on any atom is -0.380 e. The average Bonchev–Trinajstić information content (AvgIpc) is 2.86. The molecule has 0 radical (unpaired) electrons. The van der Waals surface area contributed by atoms with Gasteiger partial charge in [-0.1, -0.05) is 82.9 Å². The number of anilines is 1. The predicted molar refractivity (Wildman–Crippen MR) is 113 cm³/mol. The van der Waals surface area contributed by atoms with E-state index >= 15 is 0 Å². The number of hydrogen-bond donors (Lipinski definition) is 1. The van der Waals surface area contributed by atoms with E-state index in [-0.39, 0.29) is 0 Å². The number of nitriles is 1. The van der Waals surface area contributed by atoms with Crippen molar-refractivity contribution in [3.8, 4) is 6.07 Å². The van der Waals surface area contributed by atoms with E-state index in [4.69, 9.17) is 5.26 Å². The lowest BCUT2D eigenvalue weighted by atomic mass is 10.2. The van der Waals surface area contributed by atoms with Crippen LogP contribution in [-0.4, -0.2) is 6.54 Å². The maximum atomic E-state index is 8.51. The molecule has 2 nitrogen and oxygen atoms in total. The highest BCUT2D eigenvalue weighted by molar-refractivity contribution is 9.11. The Bertz CT molecular complexity index is 807. The molecule has 126 valence electrons. The van der Waals surface area contributed by atoms with Gasteiger partial charge in [0, 0.05) is 38.5 Å². The molecule has 1 aliphatic carbocycles. The molecular weight excluding hydrogens is 392 g/mol. The lowest BCUT2D eigenvalue weighted by Gasteiger charge is -2.19. The van der Waals surface area contributed by atoms with Crippen molar-refractivity contribution in [3.05, 3.63) is 94.4 Å². The quantitative estimate of drug-likeness (QED) is 0.564. The Balaban J connectivity index is 0.000000196. The first-order valence-electron chi connectivity index (χ1n) is 7.85. The lowest BCUT2D eigenvalue weighted by Crippen LogP contribution is -2.08. The molecule has 0 saturated heterocycles. The van der Waals surface area contributed by atoms with E-state index in [1.165, 1.54) is 15.5 Å². The molecule has 0 amide bonds. The van der Waals surface area contributed by atoms with Crippen LogP contribution >= 0.6 is 27.7 Å². The fraction of sp³-hybridized carbons (Fsp3) is 0.0952. The van der Waals surface area contributed by atoms with Crippen LogP contribution in [0, 0.1) is 11.3 Å². The summed E-state index contributed by atoms with van der Waals surface area (Å²) in [7, 11) is 0. The molecule has 0 spiro atoms. The monoisotopic (exact) mass is 410 g/mol. The van der Waals surface area contributed by atoms with Crippen LogP contribution < -0.4 is 5.32 Å². The fourth-order valence-electron chi connectivity index (χ4n) is 2.08. The summed E-state index contributed by atoms with van der Waals surface area (Å²) in [4.78, 5) is 2.62. The van der Waals surface area contributed by atoms with E-state index < -0.39 is 0 Å². The summed E-state index contributed by atoms with van der Waals surface area (Å²) in [6, 6.07) is 10.5. The van der Waals surface area contributed by atoms with Gasteiger partial charge in [0.2, 0.25) is 0 Å². The van der Waals surface area contributed by atoms with Crippen molar-refractivity contribution >= 4 is 33.4 Å². The van der Waals surface area contributed by atoms with Crippen LogP contribution in [-0.2, 0) is 0 Å². The normalized spacial score (nSPS) is 17.2. The van der Waals surface area contributed by atoms with Gasteiger partial charge in [-0.15, -0.1) is 0 Å². The van der Waals surface area contributed by atoms with Crippen molar-refractivity contribution in [3.63, 3.8) is 0 Å². The molecule has 3 rings (SSSR count). The van der Waals surface area contributed by atoms with Gasteiger partial charge in [0.25, 0.3) is 0 Å². The molecule has 1 aromatic carbocycles. The molecule has 0 aromatic heterocycles. The first kappa shape index (κ1) is 19.1. The second-order valence-corrected chi connectivity index (χ2v) is 7.25. The number of nitrogens with zero attached hydrogens (tertiary/aromatic N) is 1. The van der Waals surface area contributed by atoms with Crippen LogP contribution in [0.2, 0.25) is 0 Å². The van der Waals surface area contributed by atoms with Gasteiger partial charge in [-0.3, -0.25) is 0 Å². The van der Waals surface area contributed by atoms with Gasteiger partial charge in [0.05, 0.1) is 6.07 Å². The summed E-state index contributed by atoms with van der Waals surface area (Å²) in [5.41, 5.74) is 2.03. The number of benzene rings is 1. The van der Waals surface area contributed by atoms with Crippen molar-refractivity contribution < 1.29 is 0 Å². The zero-order valence-corrected chi connectivity index (χ0v) is 16.2. The molecular formula is C21H19BrN2S. The van der Waals surface area contributed by atoms with E-state index in [2.05, 4.69) is 64.2 Å². The zero-order valence-electron chi connectivity index (χ0n) is 13.8. The summed E-state index contributed by atoms with van der Waals surface area (Å²) < 4.78 is 1.01. The van der Waals surface area contributed by atoms with Crippen molar-refractivity contribution in [1.82, 2.24) is 0 Å². The van der Waals surface area contributed by atoms with E-state index in [1.54, 1.807) is 6.08 Å². The van der Waals surface area contributed by atoms with Gasteiger partial charge < -0.3 is 5.32 Å². The molecule has 1 heterocycles. The number of nitrogens with one attached hydrogen (secondary N) is 1. The summed E-state index contributed by atoms with van der Waals surface area (Å²) in [6.07, 6.45) is 16.2. The second-order valence-electron chi connectivity index (χ2n) is 5.17. The molecule has 25 heavy (non-hydrogen) atoms. The van der Waals surface area contributed by atoms with Crippen LogP contribution in [0.4, 0.5) is 5.69 Å². The maximum absolute atomic E-state index is 8.51. The Hall–Kier alpha value is -2.22. The predicted octanol–water partition coefficient (Wildman–Crippen LogP) is 6.51. The van der Waals surface area contributed by atoms with Crippen molar-refractivity contribution in [2.45, 2.75) is 11.3 Å². The third-order valence-corrected chi connectivity index (χ3v) is 4.96. The molecule has 0 atom stereocenters. The minimum absolute atomic E-state index is 0.738. The number of rotatable bonds is 2. The molecule has 1 N–H and O–H groups in total. The average molecular weight is 411 g/mol. The number of hydrogen-bond acceptors (Lipinski definition) is 3. The third kappa shape index (κ3) is 6.66. The van der Waals surface area contributed by atoms with Gasteiger partial charge in [0.15, 0.2) is 0 Å². The van der Waals surface area contributed by atoms with E-state index in [0.717, 1.165) is 23.0 Å². The smallest absolute Gasteiger partial charge is 0.0950 e. The summed E-state index contributed by atoms with van der Waals surface area (Å²) in [6.45, 7) is 4.55. The zero-order chi connectivity index (χ0) is 17.9. The van der Waals surface area contributed by atoms with Gasteiger partial charge in [-0.2, -0.15) is 5.26 Å². The SMILES string of the molecule is C=C/C=C\C=C1/CNc2ccccc2S1.N#CC1=CC=C(Br)C=CC1. The standard InChI is InChI=1S/C13H13NS.C8H6BrN/c1-2-3-4-7-11-10-14-12-8-5-6-9-13(12)15-11;9-8-3-1-2-7(6-10)4-5-8/h2-9,14H,1,10H2;1,3-5H,2H2/b4-3-,11-7+;. The highest BCUT2D eigenvalue weighted by Crippen LogP contribution is 2.36. The lowest BCUT2D eigenvalue weighted by molar-refractivity contribution is 1.24. The van der Waals surface area contributed by atoms with E-state index in [0.29, 0.717) is 0 Å². The summed E-state index contributed by atoms with van der Waals surface area (Å²) in [5.74, 6) is 0. The summed E-state index contributed by atoms with van der Waals surface area (Å²) in [5, 5.41) is 11.9. The number of para-hydroxylation sites is 1. The van der Waals surface area contributed by atoms with Crippen molar-refractivity contribution in [2.24, 2.45) is 0 Å². The molecule has 4 heteroatoms. The van der Waals surface area contributed by atoms with Crippen molar-refractivity contribution in [2.75, 3.05) is 11.9 Å². The van der Waals surface area contributed by atoms with E-state index in [9.17, 15) is 0 Å². The Morgan fingerprint density at radius 1 is 1.24 bits per heavy atom. The Kier molecular flexibility index (Phi) is 8.11. The van der Waals surface area contributed by atoms with Crippen LogP contribution in [0.1, 0.15) is 6.42 Å². The molecule has 0 unspecified atom stereocenters. The van der Waals surface area contributed by atoms with Gasteiger partial charge in [-0.25, -0.2) is 0 Å². The number of thioether (sulfide) groups is 1.